The number of piperidine rings is 1. The minimum Gasteiger partial charge on any atom is -0.396 e. The highest BCUT2D eigenvalue weighted by molar-refractivity contribution is 5.86. The van der Waals surface area contributed by atoms with Crippen LogP contribution in [0.2, 0.25) is 0 Å². The molecule has 1 aliphatic rings. The van der Waals surface area contributed by atoms with Gasteiger partial charge in [0.15, 0.2) is 0 Å². The van der Waals surface area contributed by atoms with Gasteiger partial charge in [0.25, 0.3) is 0 Å². The topological polar surface area (TPSA) is 57.6 Å². The molecule has 16 heavy (non-hydrogen) atoms. The van der Waals surface area contributed by atoms with Crippen LogP contribution in [-0.2, 0) is 9.59 Å². The summed E-state index contributed by atoms with van der Waals surface area (Å²) in [5, 5.41) is 8.68. The van der Waals surface area contributed by atoms with Gasteiger partial charge in [0.1, 0.15) is 5.78 Å². The normalized spacial score (nSPS) is 22.4. The van der Waals surface area contributed by atoms with Crippen molar-refractivity contribution in [3.05, 3.63) is 0 Å². The second-order valence-electron chi connectivity index (χ2n) is 3.66. The average molecular weight is 239 g/mol. The van der Waals surface area contributed by atoms with Crippen LogP contribution in [0.3, 0.4) is 0 Å². The number of amides is 1. The summed E-state index contributed by atoms with van der Waals surface area (Å²) in [5.74, 6) is -2.11. The third-order valence-electron chi connectivity index (χ3n) is 2.50. The summed E-state index contributed by atoms with van der Waals surface area (Å²) in [6.45, 7) is -0.568. The fourth-order valence-corrected chi connectivity index (χ4v) is 1.74. The summed E-state index contributed by atoms with van der Waals surface area (Å²) >= 11 is 0. The molecule has 0 spiro atoms. The van der Waals surface area contributed by atoms with Gasteiger partial charge in [-0.3, -0.25) is 9.59 Å². The van der Waals surface area contributed by atoms with Crippen molar-refractivity contribution in [1.29, 1.82) is 0 Å². The maximum atomic E-state index is 12.2. The number of nitrogens with zero attached hydrogens (tertiary/aromatic N) is 1. The maximum Gasteiger partial charge on any atom is 0.471 e. The van der Waals surface area contributed by atoms with Crippen LogP contribution >= 0.6 is 0 Å². The van der Waals surface area contributed by atoms with E-state index in [2.05, 4.69) is 0 Å². The van der Waals surface area contributed by atoms with E-state index in [1.807, 2.05) is 0 Å². The molecule has 1 unspecified atom stereocenters. The monoisotopic (exact) mass is 239 g/mol. The number of likely N-dealkylation sites (tertiary alicyclic amines) is 1. The van der Waals surface area contributed by atoms with Gasteiger partial charge in [-0.05, 0) is 6.42 Å². The molecule has 1 heterocycles. The van der Waals surface area contributed by atoms with E-state index in [0.29, 0.717) is 4.90 Å². The SMILES string of the molecule is O=C1CCN(C(=O)C(F)(F)F)C(CCO)C1. The number of carbonyl (C=O) groups excluding carboxylic acids is 2. The molecule has 1 atom stereocenters. The summed E-state index contributed by atoms with van der Waals surface area (Å²) in [4.78, 5) is 22.7. The van der Waals surface area contributed by atoms with Gasteiger partial charge in [-0.25, -0.2) is 0 Å². The predicted octanol–water partition coefficient (Wildman–Crippen LogP) is 0.491. The summed E-state index contributed by atoms with van der Waals surface area (Å²) in [5.41, 5.74) is 0. The highest BCUT2D eigenvalue weighted by Gasteiger charge is 2.45. The zero-order valence-corrected chi connectivity index (χ0v) is 8.46. The first-order valence-corrected chi connectivity index (χ1v) is 4.86. The molecule has 0 aromatic carbocycles. The van der Waals surface area contributed by atoms with Gasteiger partial charge in [-0.15, -0.1) is 0 Å². The summed E-state index contributed by atoms with van der Waals surface area (Å²) < 4.78 is 36.6. The fourth-order valence-electron chi connectivity index (χ4n) is 1.74. The second kappa shape index (κ2) is 4.82. The molecule has 1 fully saturated rings. The van der Waals surface area contributed by atoms with Crippen LogP contribution in [0.4, 0.5) is 13.2 Å². The van der Waals surface area contributed by atoms with Gasteiger partial charge in [0, 0.05) is 32.0 Å². The quantitative estimate of drug-likeness (QED) is 0.763. The van der Waals surface area contributed by atoms with Crippen LogP contribution < -0.4 is 0 Å². The van der Waals surface area contributed by atoms with Crippen LogP contribution in [0, 0.1) is 0 Å². The minimum atomic E-state index is -4.92. The van der Waals surface area contributed by atoms with Crippen LogP contribution in [-0.4, -0.2) is 47.1 Å². The average Bonchev–Trinajstić information content (AvgIpc) is 2.16. The molecule has 0 aromatic heterocycles. The van der Waals surface area contributed by atoms with Gasteiger partial charge in [0.2, 0.25) is 0 Å². The van der Waals surface area contributed by atoms with Crippen molar-refractivity contribution in [3.63, 3.8) is 0 Å². The van der Waals surface area contributed by atoms with E-state index in [0.717, 1.165) is 0 Å². The van der Waals surface area contributed by atoms with Gasteiger partial charge in [-0.2, -0.15) is 13.2 Å². The van der Waals surface area contributed by atoms with Crippen LogP contribution in [0.5, 0.6) is 0 Å². The van der Waals surface area contributed by atoms with E-state index in [9.17, 15) is 22.8 Å². The number of rotatable bonds is 2. The van der Waals surface area contributed by atoms with Crippen molar-refractivity contribution in [1.82, 2.24) is 4.90 Å². The molecule has 7 heteroatoms. The number of ketones is 1. The van der Waals surface area contributed by atoms with Gasteiger partial charge >= 0.3 is 12.1 Å². The van der Waals surface area contributed by atoms with E-state index in [1.54, 1.807) is 0 Å². The van der Waals surface area contributed by atoms with E-state index >= 15 is 0 Å². The lowest BCUT2D eigenvalue weighted by molar-refractivity contribution is -0.189. The first kappa shape index (κ1) is 13.0. The van der Waals surface area contributed by atoms with E-state index in [-0.39, 0.29) is 38.2 Å². The van der Waals surface area contributed by atoms with Crippen LogP contribution in [0.25, 0.3) is 0 Å². The number of halogens is 3. The summed E-state index contributed by atoms with van der Waals surface area (Å²) in [6, 6.07) is -0.833. The number of Topliss-reactive ketones (excluding diaryl/α,β-unsaturated/α-hetero) is 1. The molecule has 0 aromatic rings. The van der Waals surface area contributed by atoms with Crippen molar-refractivity contribution in [3.8, 4) is 0 Å². The van der Waals surface area contributed by atoms with Crippen LogP contribution in [0.1, 0.15) is 19.3 Å². The molecule has 1 N–H and O–H groups in total. The molecule has 0 radical (unpaired) electrons. The fraction of sp³-hybridized carbons (Fsp3) is 0.778. The Labute approximate surface area is 90.0 Å². The Bertz CT molecular complexity index is 290. The van der Waals surface area contributed by atoms with Crippen molar-refractivity contribution in [2.75, 3.05) is 13.2 Å². The molecule has 1 saturated heterocycles. The highest BCUT2D eigenvalue weighted by Crippen LogP contribution is 2.25. The molecule has 0 aliphatic carbocycles. The predicted molar refractivity (Wildman–Crippen MR) is 47.5 cm³/mol. The van der Waals surface area contributed by atoms with Crippen molar-refractivity contribution < 1.29 is 27.9 Å². The van der Waals surface area contributed by atoms with Gasteiger partial charge in [-0.1, -0.05) is 0 Å². The summed E-state index contributed by atoms with van der Waals surface area (Å²) in [6.07, 6.45) is -5.09. The third kappa shape index (κ3) is 2.94. The number of hydrogen-bond acceptors (Lipinski definition) is 3. The Hall–Kier alpha value is -1.11. The van der Waals surface area contributed by atoms with E-state index < -0.39 is 18.1 Å². The molecule has 4 nitrogen and oxygen atoms in total. The van der Waals surface area contributed by atoms with Gasteiger partial charge in [0.05, 0.1) is 0 Å². The number of alkyl halides is 3. The van der Waals surface area contributed by atoms with Crippen molar-refractivity contribution in [2.24, 2.45) is 0 Å². The largest absolute Gasteiger partial charge is 0.471 e. The van der Waals surface area contributed by atoms with E-state index in [4.69, 9.17) is 5.11 Å². The van der Waals surface area contributed by atoms with E-state index in [1.165, 1.54) is 0 Å². The number of hydrogen-bond donors (Lipinski definition) is 1. The Morgan fingerprint density at radius 2 is 2.12 bits per heavy atom. The lowest BCUT2D eigenvalue weighted by atomic mass is 9.98. The Morgan fingerprint density at radius 1 is 1.50 bits per heavy atom. The Kier molecular flexibility index (Phi) is 3.90. The molecule has 1 aliphatic heterocycles. The molecular formula is C9H12F3NO3. The Balaban J connectivity index is 2.76. The van der Waals surface area contributed by atoms with Crippen molar-refractivity contribution >= 4 is 11.7 Å². The smallest absolute Gasteiger partial charge is 0.396 e. The number of carbonyl (C=O) groups is 2. The molecule has 0 bridgehead atoms. The lowest BCUT2D eigenvalue weighted by Gasteiger charge is -2.35. The standard InChI is InChI=1S/C9H12F3NO3/c10-9(11,12)8(16)13-3-1-7(15)5-6(13)2-4-14/h6,14H,1-5H2. The zero-order valence-electron chi connectivity index (χ0n) is 8.46. The molecule has 1 rings (SSSR count). The number of aliphatic hydroxyl groups excluding tert-OH is 1. The molecule has 0 saturated carbocycles. The maximum absolute atomic E-state index is 12.2. The number of aliphatic hydroxyl groups is 1. The zero-order chi connectivity index (χ0) is 12.3. The van der Waals surface area contributed by atoms with Gasteiger partial charge < -0.3 is 10.0 Å². The Morgan fingerprint density at radius 3 is 2.62 bits per heavy atom. The minimum absolute atomic E-state index is 0.00639. The van der Waals surface area contributed by atoms with Crippen LogP contribution in [0.15, 0.2) is 0 Å². The lowest BCUT2D eigenvalue weighted by Crippen LogP contribution is -2.51. The highest BCUT2D eigenvalue weighted by atomic mass is 19.4. The molecule has 92 valence electrons. The first-order valence-electron chi connectivity index (χ1n) is 4.86. The molecule has 1 amide bonds. The van der Waals surface area contributed by atoms with Crippen molar-refractivity contribution in [2.45, 2.75) is 31.5 Å². The summed E-state index contributed by atoms with van der Waals surface area (Å²) in [7, 11) is 0. The third-order valence-corrected chi connectivity index (χ3v) is 2.50. The first-order chi connectivity index (χ1) is 7.36. The molecular weight excluding hydrogens is 227 g/mol. The second-order valence-corrected chi connectivity index (χ2v) is 3.66.